The molecule has 0 unspecified atom stereocenters. The summed E-state index contributed by atoms with van der Waals surface area (Å²) in [5, 5.41) is 12.4. The summed E-state index contributed by atoms with van der Waals surface area (Å²) in [5.74, 6) is 1.63. The van der Waals surface area contributed by atoms with Gasteiger partial charge in [0.25, 0.3) is 17.6 Å². The second-order valence-electron chi connectivity index (χ2n) is 11.2. The number of fused-ring (bicyclic) bond motifs is 2. The van der Waals surface area contributed by atoms with E-state index in [4.69, 9.17) is 25.8 Å². The first-order valence-electron chi connectivity index (χ1n) is 15.0. The van der Waals surface area contributed by atoms with Crippen LogP contribution in [0.25, 0.3) is 11.0 Å². The number of benzene rings is 2. The van der Waals surface area contributed by atoms with Gasteiger partial charge < -0.3 is 19.3 Å². The van der Waals surface area contributed by atoms with Gasteiger partial charge in [0.2, 0.25) is 6.20 Å². The topological polar surface area (TPSA) is 101 Å². The molecule has 4 heterocycles. The largest absolute Gasteiger partial charge is 0.868 e. The van der Waals surface area contributed by atoms with Crippen molar-refractivity contribution < 1.29 is 38.0 Å². The quantitative estimate of drug-likeness (QED) is 0.144. The van der Waals surface area contributed by atoms with Gasteiger partial charge in [-0.15, -0.1) is 0 Å². The van der Waals surface area contributed by atoms with Crippen molar-refractivity contribution in [3.63, 3.8) is 0 Å². The molecular weight excluding hydrogens is 584 g/mol. The first-order valence-corrected chi connectivity index (χ1v) is 15.4. The molecule has 6 rings (SSSR count). The Morgan fingerprint density at radius 3 is 2.48 bits per heavy atom. The van der Waals surface area contributed by atoms with Crippen molar-refractivity contribution in [3.05, 3.63) is 76.8 Å². The number of carbonyl (C=O) groups is 2. The summed E-state index contributed by atoms with van der Waals surface area (Å²) in [5.41, 5.74) is 2.72. The predicted molar refractivity (Wildman–Crippen MR) is 160 cm³/mol. The molecule has 0 radical (unpaired) electrons. The molecule has 0 spiro atoms. The minimum absolute atomic E-state index is 0.120. The van der Waals surface area contributed by atoms with Gasteiger partial charge in [0, 0.05) is 37.7 Å². The van der Waals surface area contributed by atoms with Crippen molar-refractivity contribution in [3.8, 4) is 17.2 Å². The highest BCUT2D eigenvalue weighted by molar-refractivity contribution is 6.32. The number of halogens is 1. The first kappa shape index (κ1) is 29.9. The summed E-state index contributed by atoms with van der Waals surface area (Å²) in [6.07, 6.45) is 5.83. The number of amides is 2. The van der Waals surface area contributed by atoms with E-state index in [1.807, 2.05) is 19.1 Å². The van der Waals surface area contributed by atoms with Gasteiger partial charge in [-0.25, -0.2) is 13.7 Å². The van der Waals surface area contributed by atoms with E-state index in [0.717, 1.165) is 36.2 Å². The lowest BCUT2D eigenvalue weighted by atomic mass is 10.0. The lowest BCUT2D eigenvalue weighted by Crippen LogP contribution is -2.45. The van der Waals surface area contributed by atoms with E-state index in [-0.39, 0.29) is 24.1 Å². The molecule has 0 saturated carbocycles. The standard InChI is InChI=1S/C33H36ClN4O6/c1-3-36-28-16-27(34)30(44-12-6-11-35-19-23(39)15-24(20-35)42-2)17-29(28)37(18-22-9-13-43-14-10-22)31(36)21-38-32(40)25-7-4-5-8-26(25)33(38)41/h4-5,7-8,15-17,19-20,22H,3,6,9-14,18,21H2,1-2H3/q+1. The number of nitrogens with zero attached hydrogens (tertiary/aromatic N) is 4. The number of hydrogen-bond acceptors (Lipinski definition) is 6. The van der Waals surface area contributed by atoms with Crippen molar-refractivity contribution in [2.24, 2.45) is 5.92 Å². The lowest BCUT2D eigenvalue weighted by Gasteiger charge is -2.21. The van der Waals surface area contributed by atoms with E-state index < -0.39 is 0 Å². The van der Waals surface area contributed by atoms with Gasteiger partial charge >= 0.3 is 0 Å². The smallest absolute Gasteiger partial charge is 0.277 e. The maximum absolute atomic E-state index is 13.3. The summed E-state index contributed by atoms with van der Waals surface area (Å²) in [6.45, 7) is 5.93. The van der Waals surface area contributed by atoms with Crippen molar-refractivity contribution in [2.45, 2.75) is 52.4 Å². The number of rotatable bonds is 11. The van der Waals surface area contributed by atoms with Crippen molar-refractivity contribution >= 4 is 34.4 Å². The van der Waals surface area contributed by atoms with Crippen LogP contribution in [0.3, 0.4) is 0 Å². The summed E-state index contributed by atoms with van der Waals surface area (Å²) < 4.78 is 23.2. The zero-order chi connectivity index (χ0) is 30.8. The molecule has 2 aliphatic rings. The van der Waals surface area contributed by atoms with E-state index in [1.54, 1.807) is 35.0 Å². The second-order valence-corrected chi connectivity index (χ2v) is 11.6. The fourth-order valence-corrected chi connectivity index (χ4v) is 6.40. The molecule has 230 valence electrons. The number of aryl methyl sites for hydroxylation is 2. The number of ether oxygens (including phenoxy) is 3. The fraction of sp³-hybridized carbons (Fsp3) is 0.394. The van der Waals surface area contributed by atoms with Crippen LogP contribution in [0.4, 0.5) is 0 Å². The van der Waals surface area contributed by atoms with Crippen LogP contribution in [0.5, 0.6) is 17.2 Å². The molecule has 2 aromatic carbocycles. The maximum atomic E-state index is 13.3. The Bertz CT molecular complexity index is 1680. The minimum atomic E-state index is -0.281. The van der Waals surface area contributed by atoms with Crippen LogP contribution in [0.2, 0.25) is 5.02 Å². The Morgan fingerprint density at radius 1 is 1.07 bits per heavy atom. The van der Waals surface area contributed by atoms with Gasteiger partial charge in [0.15, 0.2) is 29.5 Å². The van der Waals surface area contributed by atoms with E-state index >= 15 is 0 Å². The van der Waals surface area contributed by atoms with Crippen LogP contribution >= 0.6 is 11.6 Å². The monoisotopic (exact) mass is 619 g/mol. The number of imide groups is 1. The lowest BCUT2D eigenvalue weighted by molar-refractivity contribution is -0.699. The number of pyridine rings is 1. The van der Waals surface area contributed by atoms with Crippen molar-refractivity contribution in [2.75, 3.05) is 26.9 Å². The Hall–Kier alpha value is -4.15. The summed E-state index contributed by atoms with van der Waals surface area (Å²) in [7, 11) is 1.53. The average molecular weight is 620 g/mol. The molecule has 2 aliphatic heterocycles. The second kappa shape index (κ2) is 12.8. The number of carbonyl (C=O) groups excluding carboxylic acids is 2. The van der Waals surface area contributed by atoms with Crippen LogP contribution in [0.15, 0.2) is 54.9 Å². The van der Waals surface area contributed by atoms with Gasteiger partial charge in [0.1, 0.15) is 12.3 Å². The molecule has 0 aliphatic carbocycles. The third-order valence-electron chi connectivity index (χ3n) is 8.43. The van der Waals surface area contributed by atoms with Crippen LogP contribution < -0.4 is 23.7 Å². The molecule has 1 saturated heterocycles. The van der Waals surface area contributed by atoms with E-state index in [9.17, 15) is 14.7 Å². The van der Waals surface area contributed by atoms with Crippen LogP contribution in [-0.4, -0.2) is 48.2 Å². The molecule has 0 atom stereocenters. The third kappa shape index (κ3) is 5.84. The minimum Gasteiger partial charge on any atom is -0.868 e. The summed E-state index contributed by atoms with van der Waals surface area (Å²) >= 11 is 6.77. The van der Waals surface area contributed by atoms with Crippen LogP contribution in [0, 0.1) is 5.92 Å². The highest BCUT2D eigenvalue weighted by Crippen LogP contribution is 2.32. The van der Waals surface area contributed by atoms with Crippen molar-refractivity contribution in [1.29, 1.82) is 0 Å². The highest BCUT2D eigenvalue weighted by Gasteiger charge is 2.39. The van der Waals surface area contributed by atoms with E-state index in [2.05, 4.69) is 9.13 Å². The fourth-order valence-electron chi connectivity index (χ4n) is 6.19. The molecule has 0 bridgehead atoms. The molecule has 10 nitrogen and oxygen atoms in total. The van der Waals surface area contributed by atoms with E-state index in [1.165, 1.54) is 24.3 Å². The Kier molecular flexibility index (Phi) is 8.72. The normalized spacial score (nSPS) is 15.3. The zero-order valence-electron chi connectivity index (χ0n) is 25.0. The summed E-state index contributed by atoms with van der Waals surface area (Å²) in [4.78, 5) is 28.0. The molecule has 0 N–H and O–H groups in total. The highest BCUT2D eigenvalue weighted by atomic mass is 35.5. The molecule has 1 fully saturated rings. The van der Waals surface area contributed by atoms with Crippen LogP contribution in [0.1, 0.15) is 52.7 Å². The Balaban J connectivity index is 1.30. The van der Waals surface area contributed by atoms with Gasteiger partial charge in [-0.05, 0) is 43.7 Å². The van der Waals surface area contributed by atoms with Crippen LogP contribution in [-0.2, 0) is 30.9 Å². The molecule has 4 aromatic rings. The SMILES string of the molecule is CCn1c(CN2C(=O)c3ccccc3C2=O)[n+](CC2CCOCC2)c2cc(OCCC[n+]3cc([O-])cc(OC)c3)c(Cl)cc21. The molecule has 2 aromatic heterocycles. The molecule has 2 amide bonds. The molecule has 44 heavy (non-hydrogen) atoms. The number of imidazole rings is 1. The van der Waals surface area contributed by atoms with Gasteiger partial charge in [-0.1, -0.05) is 23.7 Å². The van der Waals surface area contributed by atoms with Crippen molar-refractivity contribution in [1.82, 2.24) is 9.47 Å². The van der Waals surface area contributed by atoms with Gasteiger partial charge in [-0.3, -0.25) is 14.5 Å². The Labute approximate surface area is 260 Å². The average Bonchev–Trinajstić information content (AvgIpc) is 3.44. The summed E-state index contributed by atoms with van der Waals surface area (Å²) in [6, 6.07) is 12.3. The third-order valence-corrected chi connectivity index (χ3v) is 8.73. The molecule has 11 heteroatoms. The van der Waals surface area contributed by atoms with E-state index in [0.29, 0.717) is 72.9 Å². The van der Waals surface area contributed by atoms with Gasteiger partial charge in [-0.2, -0.15) is 0 Å². The van der Waals surface area contributed by atoms with Gasteiger partial charge in [0.05, 0.1) is 43.0 Å². The number of aromatic nitrogens is 3. The molecular formula is C33H36ClN4O6+. The Morgan fingerprint density at radius 2 is 1.80 bits per heavy atom. The first-order chi connectivity index (χ1) is 21.4. The zero-order valence-corrected chi connectivity index (χ0v) is 25.7. The predicted octanol–water partition coefficient (Wildman–Crippen LogP) is 3.66. The number of methoxy groups -OCH3 is 1. The maximum Gasteiger partial charge on any atom is 0.277 e. The number of hydrogen-bond donors (Lipinski definition) is 0.